The Hall–Kier alpha value is -0.420. The van der Waals surface area contributed by atoms with E-state index in [2.05, 4.69) is 26.0 Å². The lowest BCUT2D eigenvalue weighted by Crippen LogP contribution is -2.44. The number of rotatable bonds is 7. The molecule has 0 radical (unpaired) electrons. The van der Waals surface area contributed by atoms with Crippen LogP contribution in [0.1, 0.15) is 46.0 Å². The quantitative estimate of drug-likeness (QED) is 0.532. The SMILES string of the molecule is CC/C=C/C1COC(C2COC(CCCCC)OC2)OC1. The highest BCUT2D eigenvalue weighted by Gasteiger charge is 2.32. The van der Waals surface area contributed by atoms with Crippen molar-refractivity contribution in [1.29, 1.82) is 0 Å². The zero-order valence-corrected chi connectivity index (χ0v) is 13.5. The van der Waals surface area contributed by atoms with Gasteiger partial charge in [0.15, 0.2) is 12.6 Å². The van der Waals surface area contributed by atoms with E-state index in [9.17, 15) is 0 Å². The normalized spacial score (nSPS) is 34.4. The summed E-state index contributed by atoms with van der Waals surface area (Å²) in [4.78, 5) is 0. The van der Waals surface area contributed by atoms with E-state index in [0.717, 1.165) is 26.1 Å². The van der Waals surface area contributed by atoms with Crippen molar-refractivity contribution in [1.82, 2.24) is 0 Å². The van der Waals surface area contributed by atoms with Crippen LogP contribution in [-0.2, 0) is 18.9 Å². The van der Waals surface area contributed by atoms with Gasteiger partial charge in [-0.3, -0.25) is 0 Å². The molecule has 4 nitrogen and oxygen atoms in total. The van der Waals surface area contributed by atoms with Crippen LogP contribution in [0.15, 0.2) is 12.2 Å². The fraction of sp³-hybridized carbons (Fsp3) is 0.882. The predicted molar refractivity (Wildman–Crippen MR) is 81.9 cm³/mol. The first-order chi connectivity index (χ1) is 10.3. The first-order valence-electron chi connectivity index (χ1n) is 8.46. The minimum Gasteiger partial charge on any atom is -0.352 e. The highest BCUT2D eigenvalue weighted by molar-refractivity contribution is 4.89. The van der Waals surface area contributed by atoms with Crippen molar-refractivity contribution in [2.24, 2.45) is 11.8 Å². The molecule has 0 aromatic heterocycles. The molecule has 0 bridgehead atoms. The van der Waals surface area contributed by atoms with E-state index in [4.69, 9.17) is 18.9 Å². The van der Waals surface area contributed by atoms with Gasteiger partial charge in [0.2, 0.25) is 0 Å². The molecule has 2 aliphatic rings. The lowest BCUT2D eigenvalue weighted by atomic mass is 10.1. The Morgan fingerprint density at radius 1 is 0.905 bits per heavy atom. The molecule has 2 rings (SSSR count). The van der Waals surface area contributed by atoms with Crippen molar-refractivity contribution in [2.75, 3.05) is 26.4 Å². The lowest BCUT2D eigenvalue weighted by molar-refractivity contribution is -0.278. The third kappa shape index (κ3) is 5.70. The third-order valence-corrected chi connectivity index (χ3v) is 4.01. The molecule has 0 spiro atoms. The number of ether oxygens (including phenoxy) is 4. The number of allylic oxidation sites excluding steroid dienone is 1. The molecule has 0 aromatic carbocycles. The first-order valence-corrected chi connectivity index (χ1v) is 8.46. The van der Waals surface area contributed by atoms with E-state index in [-0.39, 0.29) is 18.5 Å². The van der Waals surface area contributed by atoms with Gasteiger partial charge < -0.3 is 18.9 Å². The van der Waals surface area contributed by atoms with E-state index in [1.807, 2.05) is 0 Å². The van der Waals surface area contributed by atoms with Gasteiger partial charge in [0, 0.05) is 5.92 Å². The molecular weight excluding hydrogens is 268 g/mol. The summed E-state index contributed by atoms with van der Waals surface area (Å²) >= 11 is 0. The Morgan fingerprint density at radius 2 is 1.62 bits per heavy atom. The van der Waals surface area contributed by atoms with Crippen LogP contribution in [-0.4, -0.2) is 39.0 Å². The Balaban J connectivity index is 1.63. The van der Waals surface area contributed by atoms with E-state index in [0.29, 0.717) is 19.1 Å². The van der Waals surface area contributed by atoms with E-state index in [1.165, 1.54) is 19.3 Å². The van der Waals surface area contributed by atoms with Gasteiger partial charge in [0.05, 0.1) is 32.3 Å². The Bertz CT molecular complexity index is 289. The molecule has 0 amide bonds. The van der Waals surface area contributed by atoms with Gasteiger partial charge in [-0.25, -0.2) is 0 Å². The Kier molecular flexibility index (Phi) is 7.72. The summed E-state index contributed by atoms with van der Waals surface area (Å²) in [5.74, 6) is 0.581. The number of hydrogen-bond acceptors (Lipinski definition) is 4. The van der Waals surface area contributed by atoms with Gasteiger partial charge >= 0.3 is 0 Å². The molecule has 0 unspecified atom stereocenters. The van der Waals surface area contributed by atoms with Crippen LogP contribution in [0.4, 0.5) is 0 Å². The van der Waals surface area contributed by atoms with Crippen molar-refractivity contribution in [3.63, 3.8) is 0 Å². The van der Waals surface area contributed by atoms with Crippen LogP contribution in [0.5, 0.6) is 0 Å². The maximum absolute atomic E-state index is 5.83. The molecule has 0 N–H and O–H groups in total. The smallest absolute Gasteiger partial charge is 0.164 e. The van der Waals surface area contributed by atoms with Crippen molar-refractivity contribution < 1.29 is 18.9 Å². The maximum atomic E-state index is 5.83. The van der Waals surface area contributed by atoms with Crippen molar-refractivity contribution in [3.8, 4) is 0 Å². The topological polar surface area (TPSA) is 36.9 Å². The molecule has 0 saturated carbocycles. The zero-order valence-electron chi connectivity index (χ0n) is 13.5. The Labute approximate surface area is 128 Å². The summed E-state index contributed by atoms with van der Waals surface area (Å²) in [6.45, 7) is 7.17. The summed E-state index contributed by atoms with van der Waals surface area (Å²) in [6, 6.07) is 0. The Morgan fingerprint density at radius 3 is 2.24 bits per heavy atom. The number of hydrogen-bond donors (Lipinski definition) is 0. The second-order valence-electron chi connectivity index (χ2n) is 5.98. The van der Waals surface area contributed by atoms with Crippen LogP contribution in [0.2, 0.25) is 0 Å². The molecule has 21 heavy (non-hydrogen) atoms. The maximum Gasteiger partial charge on any atom is 0.164 e. The first kappa shape index (κ1) is 16.9. The van der Waals surface area contributed by atoms with Gasteiger partial charge in [0.1, 0.15) is 0 Å². The molecular formula is C17H30O4. The van der Waals surface area contributed by atoms with Crippen LogP contribution in [0.3, 0.4) is 0 Å². The van der Waals surface area contributed by atoms with Crippen LogP contribution >= 0.6 is 0 Å². The van der Waals surface area contributed by atoms with Crippen LogP contribution < -0.4 is 0 Å². The van der Waals surface area contributed by atoms with E-state index < -0.39 is 0 Å². The second kappa shape index (κ2) is 9.57. The molecule has 0 aromatic rings. The zero-order chi connectivity index (χ0) is 14.9. The standard InChI is InChI=1S/C17H30O4/c1-3-5-7-9-16-18-12-15(13-19-16)17-20-10-14(11-21-17)8-6-4-2/h6,8,14-17H,3-5,7,9-13H2,1-2H3/b8-6+. The number of unbranched alkanes of at least 4 members (excludes halogenated alkanes) is 2. The molecule has 122 valence electrons. The summed E-state index contributed by atoms with van der Waals surface area (Å²) in [5, 5.41) is 0. The minimum atomic E-state index is -0.173. The summed E-state index contributed by atoms with van der Waals surface area (Å²) < 4.78 is 23.2. The molecule has 0 aliphatic carbocycles. The van der Waals surface area contributed by atoms with Crippen molar-refractivity contribution in [2.45, 2.75) is 58.5 Å². The second-order valence-corrected chi connectivity index (χ2v) is 5.98. The average molecular weight is 298 g/mol. The molecule has 0 atom stereocenters. The monoisotopic (exact) mass is 298 g/mol. The van der Waals surface area contributed by atoms with Gasteiger partial charge in [-0.2, -0.15) is 0 Å². The van der Waals surface area contributed by atoms with Crippen LogP contribution in [0, 0.1) is 11.8 Å². The molecule has 2 aliphatic heterocycles. The largest absolute Gasteiger partial charge is 0.352 e. The van der Waals surface area contributed by atoms with E-state index >= 15 is 0 Å². The summed E-state index contributed by atoms with van der Waals surface area (Å²) in [5.41, 5.74) is 0. The highest BCUT2D eigenvalue weighted by Crippen LogP contribution is 2.24. The molecule has 2 fully saturated rings. The minimum absolute atomic E-state index is 0.0309. The summed E-state index contributed by atoms with van der Waals surface area (Å²) in [7, 11) is 0. The molecule has 2 heterocycles. The van der Waals surface area contributed by atoms with Crippen LogP contribution in [0.25, 0.3) is 0 Å². The average Bonchev–Trinajstić information content (AvgIpc) is 2.54. The summed E-state index contributed by atoms with van der Waals surface area (Å²) in [6.07, 6.45) is 9.86. The fourth-order valence-electron chi connectivity index (χ4n) is 2.69. The van der Waals surface area contributed by atoms with E-state index in [1.54, 1.807) is 0 Å². The highest BCUT2D eigenvalue weighted by atomic mass is 16.7. The van der Waals surface area contributed by atoms with Gasteiger partial charge in [0.25, 0.3) is 0 Å². The molecule has 4 heteroatoms. The van der Waals surface area contributed by atoms with Gasteiger partial charge in [-0.15, -0.1) is 0 Å². The van der Waals surface area contributed by atoms with Gasteiger partial charge in [-0.1, -0.05) is 38.8 Å². The lowest BCUT2D eigenvalue weighted by Gasteiger charge is -2.37. The fourth-order valence-corrected chi connectivity index (χ4v) is 2.69. The van der Waals surface area contributed by atoms with Gasteiger partial charge in [-0.05, 0) is 19.3 Å². The molecule has 2 saturated heterocycles. The third-order valence-electron chi connectivity index (χ3n) is 4.01. The van der Waals surface area contributed by atoms with Crippen molar-refractivity contribution >= 4 is 0 Å². The predicted octanol–water partition coefficient (Wildman–Crippen LogP) is 3.51. The van der Waals surface area contributed by atoms with Crippen molar-refractivity contribution in [3.05, 3.63) is 12.2 Å².